The topological polar surface area (TPSA) is 43.1 Å². The quantitative estimate of drug-likeness (QED) is 0.799. The molecule has 2 heteroatoms. The predicted molar refractivity (Wildman–Crippen MR) is 67.4 cm³/mol. The van der Waals surface area contributed by atoms with Crippen molar-refractivity contribution >= 4 is 5.78 Å². The summed E-state index contributed by atoms with van der Waals surface area (Å²) in [5.41, 5.74) is 6.91. The lowest BCUT2D eigenvalue weighted by Gasteiger charge is -2.18. The largest absolute Gasteiger partial charge is 0.328 e. The Morgan fingerprint density at radius 1 is 1.31 bits per heavy atom. The Kier molecular flexibility index (Phi) is 5.20. The SMILES string of the molecule is CCCC(=O)C(CC(C)N)c1ccccc1. The zero-order valence-corrected chi connectivity index (χ0v) is 10.1. The van der Waals surface area contributed by atoms with Gasteiger partial charge in [-0.25, -0.2) is 0 Å². The Bertz CT molecular complexity index is 319. The van der Waals surface area contributed by atoms with Gasteiger partial charge in [-0.1, -0.05) is 37.3 Å². The number of hydrogen-bond donors (Lipinski definition) is 1. The maximum absolute atomic E-state index is 12.0. The van der Waals surface area contributed by atoms with Crippen molar-refractivity contribution in [2.75, 3.05) is 0 Å². The summed E-state index contributed by atoms with van der Waals surface area (Å²) >= 11 is 0. The Labute approximate surface area is 97.9 Å². The maximum Gasteiger partial charge on any atom is 0.140 e. The van der Waals surface area contributed by atoms with Crippen molar-refractivity contribution in [3.63, 3.8) is 0 Å². The maximum atomic E-state index is 12.0. The Morgan fingerprint density at radius 2 is 1.94 bits per heavy atom. The second kappa shape index (κ2) is 6.44. The molecule has 0 aromatic heterocycles. The van der Waals surface area contributed by atoms with Gasteiger partial charge < -0.3 is 5.73 Å². The van der Waals surface area contributed by atoms with E-state index in [4.69, 9.17) is 5.73 Å². The van der Waals surface area contributed by atoms with Gasteiger partial charge in [-0.05, 0) is 25.3 Å². The molecule has 16 heavy (non-hydrogen) atoms. The number of rotatable bonds is 6. The molecule has 1 aromatic rings. The minimum atomic E-state index is -0.0267. The van der Waals surface area contributed by atoms with Crippen LogP contribution >= 0.6 is 0 Å². The van der Waals surface area contributed by atoms with E-state index in [-0.39, 0.29) is 12.0 Å². The molecule has 0 heterocycles. The van der Waals surface area contributed by atoms with Crippen molar-refractivity contribution < 1.29 is 4.79 Å². The molecule has 0 radical (unpaired) electrons. The van der Waals surface area contributed by atoms with Gasteiger partial charge >= 0.3 is 0 Å². The van der Waals surface area contributed by atoms with Gasteiger partial charge in [0.2, 0.25) is 0 Å². The van der Waals surface area contributed by atoms with Gasteiger partial charge in [0.05, 0.1) is 0 Å². The molecule has 2 N–H and O–H groups in total. The van der Waals surface area contributed by atoms with Crippen molar-refractivity contribution in [1.29, 1.82) is 0 Å². The fraction of sp³-hybridized carbons (Fsp3) is 0.500. The van der Waals surface area contributed by atoms with E-state index in [1.54, 1.807) is 0 Å². The summed E-state index contributed by atoms with van der Waals surface area (Å²) in [4.78, 5) is 12.0. The molecule has 2 unspecified atom stereocenters. The van der Waals surface area contributed by atoms with Crippen LogP contribution in [0, 0.1) is 0 Å². The molecule has 2 atom stereocenters. The van der Waals surface area contributed by atoms with Gasteiger partial charge in [-0.2, -0.15) is 0 Å². The van der Waals surface area contributed by atoms with E-state index in [2.05, 4.69) is 0 Å². The average molecular weight is 219 g/mol. The first-order chi connectivity index (χ1) is 7.65. The minimum absolute atomic E-state index is 0.0267. The minimum Gasteiger partial charge on any atom is -0.328 e. The van der Waals surface area contributed by atoms with Crippen LogP contribution in [0.15, 0.2) is 30.3 Å². The first-order valence-electron chi connectivity index (χ1n) is 5.98. The monoisotopic (exact) mass is 219 g/mol. The smallest absolute Gasteiger partial charge is 0.140 e. The summed E-state index contributed by atoms with van der Waals surface area (Å²) in [6.45, 7) is 3.99. The first kappa shape index (κ1) is 12.9. The summed E-state index contributed by atoms with van der Waals surface area (Å²) in [6, 6.07) is 10.0. The van der Waals surface area contributed by atoms with Crippen molar-refractivity contribution in [2.24, 2.45) is 5.73 Å². The van der Waals surface area contributed by atoms with E-state index in [1.807, 2.05) is 44.2 Å². The number of ketones is 1. The van der Waals surface area contributed by atoms with Gasteiger partial charge in [0.1, 0.15) is 5.78 Å². The summed E-state index contributed by atoms with van der Waals surface area (Å²) in [5, 5.41) is 0. The summed E-state index contributed by atoms with van der Waals surface area (Å²) < 4.78 is 0. The van der Waals surface area contributed by atoms with Gasteiger partial charge in [-0.15, -0.1) is 0 Å². The second-order valence-corrected chi connectivity index (χ2v) is 4.39. The molecule has 0 amide bonds. The van der Waals surface area contributed by atoms with E-state index in [1.165, 1.54) is 0 Å². The lowest BCUT2D eigenvalue weighted by Crippen LogP contribution is -2.23. The average Bonchev–Trinajstić information content (AvgIpc) is 2.27. The predicted octanol–water partition coefficient (Wildman–Crippen LogP) is 2.88. The van der Waals surface area contributed by atoms with Gasteiger partial charge in [0.15, 0.2) is 0 Å². The van der Waals surface area contributed by atoms with Crippen LogP contribution in [-0.4, -0.2) is 11.8 Å². The molecule has 0 aliphatic carbocycles. The van der Waals surface area contributed by atoms with Gasteiger partial charge in [0, 0.05) is 18.4 Å². The van der Waals surface area contributed by atoms with Crippen molar-refractivity contribution in [2.45, 2.75) is 45.1 Å². The normalized spacial score (nSPS) is 14.4. The fourth-order valence-electron chi connectivity index (χ4n) is 1.93. The first-order valence-corrected chi connectivity index (χ1v) is 5.98. The number of benzene rings is 1. The van der Waals surface area contributed by atoms with Crippen LogP contribution in [0.2, 0.25) is 0 Å². The van der Waals surface area contributed by atoms with Crippen LogP contribution in [0.25, 0.3) is 0 Å². The van der Waals surface area contributed by atoms with Crippen molar-refractivity contribution in [3.05, 3.63) is 35.9 Å². The molecule has 2 nitrogen and oxygen atoms in total. The van der Waals surface area contributed by atoms with Crippen LogP contribution in [0.3, 0.4) is 0 Å². The van der Waals surface area contributed by atoms with E-state index < -0.39 is 0 Å². The van der Waals surface area contributed by atoms with E-state index in [0.29, 0.717) is 12.2 Å². The molecule has 88 valence electrons. The van der Waals surface area contributed by atoms with Crippen LogP contribution in [0.1, 0.15) is 44.6 Å². The number of Topliss-reactive ketones (excluding diaryl/α,β-unsaturated/α-hetero) is 1. The van der Waals surface area contributed by atoms with Crippen LogP contribution in [-0.2, 0) is 4.79 Å². The van der Waals surface area contributed by atoms with Crippen LogP contribution in [0.4, 0.5) is 0 Å². The molecule has 0 aliphatic heterocycles. The van der Waals surface area contributed by atoms with Crippen LogP contribution < -0.4 is 5.73 Å². The lowest BCUT2D eigenvalue weighted by molar-refractivity contribution is -0.120. The molecule has 0 saturated carbocycles. The van der Waals surface area contributed by atoms with Crippen molar-refractivity contribution in [3.8, 4) is 0 Å². The molecular weight excluding hydrogens is 198 g/mol. The third-order valence-electron chi connectivity index (χ3n) is 2.69. The van der Waals surface area contributed by atoms with E-state index in [9.17, 15) is 4.79 Å². The zero-order chi connectivity index (χ0) is 12.0. The molecule has 0 aliphatic rings. The van der Waals surface area contributed by atoms with E-state index >= 15 is 0 Å². The lowest BCUT2D eigenvalue weighted by atomic mass is 9.87. The molecular formula is C14H21NO. The fourth-order valence-corrected chi connectivity index (χ4v) is 1.93. The summed E-state index contributed by atoms with van der Waals surface area (Å²) in [5.74, 6) is 0.284. The molecule has 0 spiro atoms. The van der Waals surface area contributed by atoms with Gasteiger partial charge in [0.25, 0.3) is 0 Å². The molecule has 1 rings (SSSR count). The standard InChI is InChI=1S/C14H21NO/c1-3-7-14(16)13(10-11(2)15)12-8-5-4-6-9-12/h4-6,8-9,11,13H,3,7,10,15H2,1-2H3. The third kappa shape index (κ3) is 3.78. The number of nitrogens with two attached hydrogens (primary N) is 1. The Balaban J connectivity index is 2.83. The molecule has 1 aromatic carbocycles. The highest BCUT2D eigenvalue weighted by atomic mass is 16.1. The molecule has 0 fully saturated rings. The highest BCUT2D eigenvalue weighted by Gasteiger charge is 2.20. The molecule has 0 saturated heterocycles. The Morgan fingerprint density at radius 3 is 2.44 bits per heavy atom. The highest BCUT2D eigenvalue weighted by Crippen LogP contribution is 2.23. The number of carbonyl (C=O) groups excluding carboxylic acids is 1. The van der Waals surface area contributed by atoms with Crippen LogP contribution in [0.5, 0.6) is 0 Å². The summed E-state index contributed by atoms with van der Waals surface area (Å²) in [6.07, 6.45) is 2.29. The second-order valence-electron chi connectivity index (χ2n) is 4.39. The molecule has 0 bridgehead atoms. The van der Waals surface area contributed by atoms with E-state index in [0.717, 1.165) is 18.4 Å². The highest BCUT2D eigenvalue weighted by molar-refractivity contribution is 5.85. The summed E-state index contributed by atoms with van der Waals surface area (Å²) in [7, 11) is 0. The third-order valence-corrected chi connectivity index (χ3v) is 2.69. The van der Waals surface area contributed by atoms with Crippen molar-refractivity contribution in [1.82, 2.24) is 0 Å². The number of hydrogen-bond acceptors (Lipinski definition) is 2. The zero-order valence-electron chi connectivity index (χ0n) is 10.1. The number of carbonyl (C=O) groups is 1. The Hall–Kier alpha value is -1.15. The van der Waals surface area contributed by atoms with Gasteiger partial charge in [-0.3, -0.25) is 4.79 Å².